The molecule has 3 unspecified atom stereocenters. The van der Waals surface area contributed by atoms with Gasteiger partial charge in [-0.05, 0) is 56.8 Å². The van der Waals surface area contributed by atoms with Gasteiger partial charge in [0.15, 0.2) is 0 Å². The lowest BCUT2D eigenvalue weighted by Gasteiger charge is -2.58. The van der Waals surface area contributed by atoms with E-state index in [1.165, 1.54) is 0 Å². The Balaban J connectivity index is 1.92. The number of ether oxygens (including phenoxy) is 1. The molecule has 0 aromatic carbocycles. The molecule has 21 heavy (non-hydrogen) atoms. The van der Waals surface area contributed by atoms with Crippen LogP contribution in [0.2, 0.25) is 0 Å². The van der Waals surface area contributed by atoms with Crippen LogP contribution < -0.4 is 5.14 Å². The van der Waals surface area contributed by atoms with Gasteiger partial charge in [-0.3, -0.25) is 4.18 Å². The fourth-order valence-corrected chi connectivity index (χ4v) is 5.26. The van der Waals surface area contributed by atoms with E-state index in [0.29, 0.717) is 30.3 Å². The Morgan fingerprint density at radius 3 is 2.29 bits per heavy atom. The number of carbonyl (C=O) groups excluding carboxylic acids is 1. The SMILES string of the molecule is C=C(C)C(=O)OC12CC3CC(CC(C3)C1OS(N)(=O)=O)C2. The van der Waals surface area contributed by atoms with E-state index in [1.807, 2.05) is 0 Å². The van der Waals surface area contributed by atoms with Gasteiger partial charge < -0.3 is 4.74 Å². The highest BCUT2D eigenvalue weighted by atomic mass is 32.2. The van der Waals surface area contributed by atoms with Crippen molar-refractivity contribution in [1.82, 2.24) is 0 Å². The van der Waals surface area contributed by atoms with Crippen LogP contribution in [0.15, 0.2) is 12.2 Å². The first-order valence-corrected chi connectivity index (χ1v) is 8.75. The summed E-state index contributed by atoms with van der Waals surface area (Å²) in [6.07, 6.45) is 3.61. The van der Waals surface area contributed by atoms with Gasteiger partial charge in [0.05, 0.1) is 0 Å². The third-order valence-corrected chi connectivity index (χ3v) is 5.51. The second-order valence-electron chi connectivity index (χ2n) is 6.85. The Kier molecular flexibility index (Phi) is 3.42. The highest BCUT2D eigenvalue weighted by molar-refractivity contribution is 7.84. The van der Waals surface area contributed by atoms with Crippen LogP contribution in [0.1, 0.15) is 39.0 Å². The summed E-state index contributed by atoms with van der Waals surface area (Å²) in [5.41, 5.74) is -0.558. The van der Waals surface area contributed by atoms with Crippen LogP contribution in [0.25, 0.3) is 0 Å². The van der Waals surface area contributed by atoms with E-state index in [0.717, 1.165) is 19.3 Å². The molecule has 6 nitrogen and oxygen atoms in total. The molecule has 0 amide bonds. The predicted octanol–water partition coefficient (Wildman–Crippen LogP) is 1.27. The van der Waals surface area contributed by atoms with Gasteiger partial charge in [-0.1, -0.05) is 6.58 Å². The van der Waals surface area contributed by atoms with Crippen molar-refractivity contribution < 1.29 is 22.1 Å². The molecule has 118 valence electrons. The third-order valence-electron chi connectivity index (χ3n) is 5.04. The minimum atomic E-state index is -4.08. The summed E-state index contributed by atoms with van der Waals surface area (Å²) in [4.78, 5) is 12.0. The zero-order valence-electron chi connectivity index (χ0n) is 12.1. The van der Waals surface area contributed by atoms with Crippen LogP contribution in [-0.2, 0) is 24.0 Å². The molecule has 4 saturated carbocycles. The van der Waals surface area contributed by atoms with Crippen LogP contribution in [0.5, 0.6) is 0 Å². The minimum Gasteiger partial charge on any atom is -0.453 e. The molecule has 3 atom stereocenters. The second-order valence-corrected chi connectivity index (χ2v) is 8.03. The molecule has 0 aromatic rings. The van der Waals surface area contributed by atoms with Crippen molar-refractivity contribution in [2.24, 2.45) is 22.9 Å². The topological polar surface area (TPSA) is 95.7 Å². The zero-order chi connectivity index (χ0) is 15.4. The van der Waals surface area contributed by atoms with E-state index < -0.39 is 28.0 Å². The molecule has 4 aliphatic carbocycles. The summed E-state index contributed by atoms with van der Waals surface area (Å²) in [6.45, 7) is 5.18. The van der Waals surface area contributed by atoms with Crippen LogP contribution in [0, 0.1) is 17.8 Å². The van der Waals surface area contributed by atoms with Gasteiger partial charge >= 0.3 is 16.3 Å². The Labute approximate surface area is 124 Å². The van der Waals surface area contributed by atoms with Gasteiger partial charge in [0, 0.05) is 5.57 Å². The van der Waals surface area contributed by atoms with Crippen LogP contribution >= 0.6 is 0 Å². The summed E-state index contributed by atoms with van der Waals surface area (Å²) in [5, 5.41) is 5.06. The van der Waals surface area contributed by atoms with Crippen molar-refractivity contribution in [2.45, 2.75) is 50.7 Å². The number of rotatable bonds is 4. The molecule has 2 N–H and O–H groups in total. The average molecular weight is 315 g/mol. The molecule has 0 aliphatic heterocycles. The van der Waals surface area contributed by atoms with Crippen molar-refractivity contribution in [2.75, 3.05) is 0 Å². The van der Waals surface area contributed by atoms with Crippen LogP contribution in [0.4, 0.5) is 0 Å². The highest BCUT2D eigenvalue weighted by Gasteiger charge is 2.61. The van der Waals surface area contributed by atoms with E-state index in [2.05, 4.69) is 6.58 Å². The van der Waals surface area contributed by atoms with E-state index in [1.54, 1.807) is 6.92 Å². The number of hydrogen-bond acceptors (Lipinski definition) is 5. The fourth-order valence-electron chi connectivity index (χ4n) is 4.64. The Morgan fingerprint density at radius 1 is 1.24 bits per heavy atom. The lowest BCUT2D eigenvalue weighted by atomic mass is 9.53. The number of esters is 1. The monoisotopic (exact) mass is 315 g/mol. The first-order valence-electron chi connectivity index (χ1n) is 7.28. The molecule has 4 fully saturated rings. The summed E-state index contributed by atoms with van der Waals surface area (Å²) in [6, 6.07) is 0. The normalized spacial score (nSPS) is 41.0. The Hall–Kier alpha value is -0.920. The van der Waals surface area contributed by atoms with Crippen molar-refractivity contribution in [3.63, 3.8) is 0 Å². The van der Waals surface area contributed by atoms with Gasteiger partial charge in [0.2, 0.25) is 0 Å². The van der Waals surface area contributed by atoms with Crippen LogP contribution in [-0.4, -0.2) is 26.1 Å². The lowest BCUT2D eigenvalue weighted by molar-refractivity contribution is -0.217. The maximum Gasteiger partial charge on any atom is 0.333 e. The summed E-state index contributed by atoms with van der Waals surface area (Å²) < 4.78 is 33.6. The van der Waals surface area contributed by atoms with Crippen LogP contribution in [0.3, 0.4) is 0 Å². The van der Waals surface area contributed by atoms with Gasteiger partial charge in [-0.25, -0.2) is 9.93 Å². The number of hydrogen-bond donors (Lipinski definition) is 1. The largest absolute Gasteiger partial charge is 0.453 e. The first-order chi connectivity index (χ1) is 9.68. The molecule has 7 heteroatoms. The van der Waals surface area contributed by atoms with E-state index in [9.17, 15) is 13.2 Å². The van der Waals surface area contributed by atoms with Gasteiger partial charge in [-0.15, -0.1) is 0 Å². The quantitative estimate of drug-likeness (QED) is 0.622. The maximum absolute atomic E-state index is 12.0. The number of nitrogens with two attached hydrogens (primary N) is 1. The standard InChI is InChI=1S/C14H21NO5S/c1-8(2)13(16)19-14-6-9-3-10(7-14)5-11(4-9)12(14)20-21(15,17)18/h9-12H,1,3-7H2,2H3,(H2,15,17,18). The van der Waals surface area contributed by atoms with E-state index in [-0.39, 0.29) is 5.92 Å². The van der Waals surface area contributed by atoms with Crippen molar-refractivity contribution in [3.8, 4) is 0 Å². The first kappa shape index (κ1) is 15.0. The molecular weight excluding hydrogens is 294 g/mol. The van der Waals surface area contributed by atoms with Crippen molar-refractivity contribution in [1.29, 1.82) is 0 Å². The Bertz CT molecular complexity index is 570. The molecule has 4 rings (SSSR count). The highest BCUT2D eigenvalue weighted by Crippen LogP contribution is 2.58. The molecule has 0 saturated heterocycles. The molecule has 4 bridgehead atoms. The molecule has 0 aromatic heterocycles. The molecule has 0 spiro atoms. The Morgan fingerprint density at radius 2 is 1.81 bits per heavy atom. The third kappa shape index (κ3) is 2.74. The summed E-state index contributed by atoms with van der Waals surface area (Å²) in [5.74, 6) is 0.550. The summed E-state index contributed by atoms with van der Waals surface area (Å²) in [7, 11) is -4.08. The van der Waals surface area contributed by atoms with E-state index >= 15 is 0 Å². The van der Waals surface area contributed by atoms with Crippen molar-refractivity contribution >= 4 is 16.3 Å². The van der Waals surface area contributed by atoms with Crippen molar-refractivity contribution in [3.05, 3.63) is 12.2 Å². The van der Waals surface area contributed by atoms with Gasteiger partial charge in [0.25, 0.3) is 0 Å². The molecule has 0 radical (unpaired) electrons. The minimum absolute atomic E-state index is 0.0903. The smallest absolute Gasteiger partial charge is 0.333 e. The van der Waals surface area contributed by atoms with Gasteiger partial charge in [-0.2, -0.15) is 8.42 Å². The predicted molar refractivity (Wildman–Crippen MR) is 75.2 cm³/mol. The molecule has 4 aliphatic rings. The molecule has 0 heterocycles. The second kappa shape index (κ2) is 4.79. The fraction of sp³-hybridized carbons (Fsp3) is 0.786. The average Bonchev–Trinajstić information content (AvgIpc) is 2.31. The summed E-state index contributed by atoms with van der Waals surface area (Å²) >= 11 is 0. The zero-order valence-corrected chi connectivity index (χ0v) is 12.9. The van der Waals surface area contributed by atoms with Gasteiger partial charge in [0.1, 0.15) is 11.7 Å². The van der Waals surface area contributed by atoms with E-state index in [4.69, 9.17) is 14.1 Å². The lowest BCUT2D eigenvalue weighted by Crippen LogP contribution is -2.63. The number of carbonyl (C=O) groups is 1. The molecular formula is C14H21NO5S. The maximum atomic E-state index is 12.0.